The fourth-order valence-corrected chi connectivity index (χ4v) is 2.38. The van der Waals surface area contributed by atoms with E-state index in [1.165, 1.54) is 19.3 Å². The van der Waals surface area contributed by atoms with Crippen molar-refractivity contribution in [2.24, 2.45) is 17.1 Å². The number of rotatable bonds is 0. The van der Waals surface area contributed by atoms with Crippen LogP contribution >= 0.6 is 0 Å². The Kier molecular flexibility index (Phi) is 2.08. The fraction of sp³-hybridized carbons (Fsp3) is 1.00. The van der Waals surface area contributed by atoms with Gasteiger partial charge in [-0.3, -0.25) is 11.7 Å². The first-order chi connectivity index (χ1) is 5.70. The van der Waals surface area contributed by atoms with Crippen LogP contribution in [0.3, 0.4) is 0 Å². The van der Waals surface area contributed by atoms with Crippen LogP contribution in [0.2, 0.25) is 0 Å². The summed E-state index contributed by atoms with van der Waals surface area (Å²) in [6.07, 6.45) is 3.70. The lowest BCUT2D eigenvalue weighted by Crippen LogP contribution is -2.45. The topological polar surface area (TPSA) is 58.5 Å². The van der Waals surface area contributed by atoms with E-state index in [1.54, 1.807) is 0 Å². The molecular formula is C8H18N4. The molecule has 0 aliphatic carbocycles. The maximum atomic E-state index is 5.76. The van der Waals surface area contributed by atoms with Crippen LogP contribution < -0.4 is 11.7 Å². The van der Waals surface area contributed by atoms with E-state index in [4.69, 9.17) is 11.7 Å². The molecule has 2 aliphatic rings. The van der Waals surface area contributed by atoms with Gasteiger partial charge in [0.15, 0.2) is 0 Å². The van der Waals surface area contributed by atoms with E-state index in [9.17, 15) is 0 Å². The maximum absolute atomic E-state index is 5.76. The van der Waals surface area contributed by atoms with E-state index in [-0.39, 0.29) is 0 Å². The predicted molar refractivity (Wildman–Crippen MR) is 47.8 cm³/mol. The maximum Gasteiger partial charge on any atom is 0.0186 e. The smallest absolute Gasteiger partial charge is 0.0186 e. The van der Waals surface area contributed by atoms with Gasteiger partial charge in [-0.15, -0.1) is 0 Å². The van der Waals surface area contributed by atoms with Crippen LogP contribution in [0.5, 0.6) is 0 Å². The predicted octanol–water partition coefficient (Wildman–Crippen LogP) is -0.478. The van der Waals surface area contributed by atoms with Crippen LogP contribution in [-0.2, 0) is 0 Å². The summed E-state index contributed by atoms with van der Waals surface area (Å²) in [4.78, 5) is 0. The zero-order valence-corrected chi connectivity index (χ0v) is 7.50. The average molecular weight is 170 g/mol. The molecule has 12 heavy (non-hydrogen) atoms. The highest BCUT2D eigenvalue weighted by atomic mass is 15.4. The summed E-state index contributed by atoms with van der Waals surface area (Å²) in [5.74, 6) is 11.5. The lowest BCUT2D eigenvalue weighted by atomic mass is 9.78. The van der Waals surface area contributed by atoms with Crippen molar-refractivity contribution in [2.45, 2.75) is 19.3 Å². The van der Waals surface area contributed by atoms with Gasteiger partial charge in [-0.1, -0.05) is 0 Å². The van der Waals surface area contributed by atoms with Crippen LogP contribution in [0.1, 0.15) is 19.3 Å². The van der Waals surface area contributed by atoms with Gasteiger partial charge in [-0.05, 0) is 24.7 Å². The Labute approximate surface area is 73.4 Å². The average Bonchev–Trinajstić information content (AvgIpc) is 2.40. The minimum Gasteiger partial charge on any atom is -0.269 e. The molecule has 0 aromatic rings. The number of hydrogen-bond donors (Lipinski definition) is 2. The monoisotopic (exact) mass is 170 g/mol. The number of hydrazine groups is 2. The van der Waals surface area contributed by atoms with Crippen molar-refractivity contribution in [1.29, 1.82) is 0 Å². The van der Waals surface area contributed by atoms with Crippen molar-refractivity contribution in [3.8, 4) is 0 Å². The van der Waals surface area contributed by atoms with Gasteiger partial charge in [0.1, 0.15) is 0 Å². The molecule has 4 N–H and O–H groups in total. The van der Waals surface area contributed by atoms with Crippen molar-refractivity contribution in [1.82, 2.24) is 10.0 Å². The van der Waals surface area contributed by atoms with Crippen molar-refractivity contribution in [3.63, 3.8) is 0 Å². The third-order valence-corrected chi connectivity index (χ3v) is 3.33. The third kappa shape index (κ3) is 1.47. The molecule has 2 aliphatic heterocycles. The van der Waals surface area contributed by atoms with Gasteiger partial charge in [0.2, 0.25) is 0 Å². The normalized spacial score (nSPS) is 31.5. The Morgan fingerprint density at radius 3 is 1.75 bits per heavy atom. The van der Waals surface area contributed by atoms with E-state index in [2.05, 4.69) is 0 Å². The second-order valence-corrected chi connectivity index (χ2v) is 4.26. The molecule has 0 aromatic heterocycles. The molecule has 0 saturated carbocycles. The second-order valence-electron chi connectivity index (χ2n) is 4.26. The van der Waals surface area contributed by atoms with Gasteiger partial charge < -0.3 is 0 Å². The van der Waals surface area contributed by atoms with Crippen molar-refractivity contribution in [3.05, 3.63) is 0 Å². The number of hydrogen-bond acceptors (Lipinski definition) is 4. The molecule has 0 amide bonds. The van der Waals surface area contributed by atoms with Crippen LogP contribution in [-0.4, -0.2) is 36.2 Å². The van der Waals surface area contributed by atoms with Gasteiger partial charge in [-0.25, -0.2) is 10.0 Å². The lowest BCUT2D eigenvalue weighted by molar-refractivity contribution is 0.108. The summed E-state index contributed by atoms with van der Waals surface area (Å²) in [6, 6.07) is 0. The Bertz CT molecular complexity index is 162. The molecule has 2 rings (SSSR count). The fourth-order valence-electron chi connectivity index (χ4n) is 2.38. The van der Waals surface area contributed by atoms with Crippen LogP contribution in [0.25, 0.3) is 0 Å². The van der Waals surface area contributed by atoms with Crippen LogP contribution in [0.15, 0.2) is 0 Å². The van der Waals surface area contributed by atoms with Gasteiger partial charge in [0.25, 0.3) is 0 Å². The second kappa shape index (κ2) is 2.96. The van der Waals surface area contributed by atoms with Crippen molar-refractivity contribution in [2.75, 3.05) is 26.2 Å². The highest BCUT2D eigenvalue weighted by Crippen LogP contribution is 2.38. The molecule has 4 nitrogen and oxygen atoms in total. The quantitative estimate of drug-likeness (QED) is 0.482. The van der Waals surface area contributed by atoms with Crippen molar-refractivity contribution < 1.29 is 0 Å². The van der Waals surface area contributed by atoms with Gasteiger partial charge in [-0.2, -0.15) is 0 Å². The zero-order valence-electron chi connectivity index (χ0n) is 7.50. The Balaban J connectivity index is 1.95. The molecule has 4 heteroatoms. The minimum absolute atomic E-state index is 0.505. The number of piperidine rings is 1. The van der Waals surface area contributed by atoms with Crippen LogP contribution in [0, 0.1) is 5.41 Å². The molecule has 0 bridgehead atoms. The first kappa shape index (κ1) is 8.44. The Morgan fingerprint density at radius 2 is 1.33 bits per heavy atom. The lowest BCUT2D eigenvalue weighted by Gasteiger charge is -2.37. The molecule has 0 atom stereocenters. The van der Waals surface area contributed by atoms with Gasteiger partial charge in [0, 0.05) is 26.2 Å². The molecule has 0 unspecified atom stereocenters. The highest BCUT2D eigenvalue weighted by Gasteiger charge is 2.39. The Morgan fingerprint density at radius 1 is 0.833 bits per heavy atom. The van der Waals surface area contributed by atoms with Gasteiger partial charge in [0.05, 0.1) is 0 Å². The first-order valence-electron chi connectivity index (χ1n) is 4.70. The summed E-state index contributed by atoms with van der Waals surface area (Å²) >= 11 is 0. The first-order valence-corrected chi connectivity index (χ1v) is 4.70. The summed E-state index contributed by atoms with van der Waals surface area (Å²) in [6.45, 7) is 4.20. The molecule has 0 aromatic carbocycles. The zero-order chi connectivity index (χ0) is 8.60. The van der Waals surface area contributed by atoms with Crippen LogP contribution in [0.4, 0.5) is 0 Å². The van der Waals surface area contributed by atoms with E-state index in [0.29, 0.717) is 5.41 Å². The number of nitrogens with zero attached hydrogens (tertiary/aromatic N) is 2. The molecule has 2 fully saturated rings. The minimum atomic E-state index is 0.505. The van der Waals surface area contributed by atoms with E-state index >= 15 is 0 Å². The third-order valence-electron chi connectivity index (χ3n) is 3.33. The molecule has 70 valence electrons. The summed E-state index contributed by atoms with van der Waals surface area (Å²) in [5.41, 5.74) is 0.505. The SMILES string of the molecule is NN1CCC2(CC1)CCN(N)C2. The number of nitrogens with two attached hydrogens (primary N) is 2. The van der Waals surface area contributed by atoms with E-state index in [1.807, 2.05) is 10.0 Å². The molecule has 1 spiro atoms. The Hall–Kier alpha value is -0.160. The van der Waals surface area contributed by atoms with E-state index in [0.717, 1.165) is 26.2 Å². The molecule has 2 saturated heterocycles. The summed E-state index contributed by atoms with van der Waals surface area (Å²) < 4.78 is 0. The largest absolute Gasteiger partial charge is 0.269 e. The highest BCUT2D eigenvalue weighted by molar-refractivity contribution is 4.91. The summed E-state index contributed by atoms with van der Waals surface area (Å²) in [5, 5.41) is 3.87. The summed E-state index contributed by atoms with van der Waals surface area (Å²) in [7, 11) is 0. The van der Waals surface area contributed by atoms with E-state index < -0.39 is 0 Å². The molecule has 2 heterocycles. The molecule has 0 radical (unpaired) electrons. The van der Waals surface area contributed by atoms with Crippen molar-refractivity contribution >= 4 is 0 Å². The standard InChI is InChI=1S/C8H18N4/c9-11-4-1-8(2-5-11)3-6-12(10)7-8/h1-7,9-10H2. The van der Waals surface area contributed by atoms with Gasteiger partial charge >= 0.3 is 0 Å². The molecular weight excluding hydrogens is 152 g/mol.